The van der Waals surface area contributed by atoms with Gasteiger partial charge in [-0.15, -0.1) is 0 Å². The Kier molecular flexibility index (Phi) is 5.87. The molecule has 0 aromatic heterocycles. The fourth-order valence-electron chi connectivity index (χ4n) is 3.73. The molecule has 0 N–H and O–H groups in total. The van der Waals surface area contributed by atoms with E-state index in [2.05, 4.69) is 74.4 Å². The highest BCUT2D eigenvalue weighted by Crippen LogP contribution is 2.31. The van der Waals surface area contributed by atoms with E-state index in [1.807, 2.05) is 0 Å². The van der Waals surface area contributed by atoms with Crippen LogP contribution in [0.5, 0.6) is 0 Å². The lowest BCUT2D eigenvalue weighted by molar-refractivity contribution is -0.0231. The summed E-state index contributed by atoms with van der Waals surface area (Å²) in [7, 11) is -0.264. The number of hydrogen-bond acceptors (Lipinski definition) is 2. The van der Waals surface area contributed by atoms with Gasteiger partial charge in [0.05, 0.1) is 5.60 Å². The summed E-state index contributed by atoms with van der Waals surface area (Å²) in [4.78, 5) is 0. The van der Waals surface area contributed by atoms with Crippen LogP contribution < -0.4 is 5.46 Å². The van der Waals surface area contributed by atoms with Gasteiger partial charge in [-0.3, -0.25) is 0 Å². The van der Waals surface area contributed by atoms with E-state index >= 15 is 0 Å². The van der Waals surface area contributed by atoms with Gasteiger partial charge in [0.2, 0.25) is 0 Å². The van der Waals surface area contributed by atoms with Crippen LogP contribution in [0.15, 0.2) is 12.1 Å². The third-order valence-electron chi connectivity index (χ3n) is 4.97. The van der Waals surface area contributed by atoms with Crippen molar-refractivity contribution in [2.45, 2.75) is 98.2 Å². The first-order valence-electron chi connectivity index (χ1n) is 9.52. The molecular weight excluding hydrogens is 295 g/mol. The summed E-state index contributed by atoms with van der Waals surface area (Å²) in [6.45, 7) is 20.1. The van der Waals surface area contributed by atoms with E-state index in [0.717, 1.165) is 6.42 Å². The van der Waals surface area contributed by atoms with Crippen molar-refractivity contribution in [2.75, 3.05) is 0 Å². The summed E-state index contributed by atoms with van der Waals surface area (Å²) in [5, 5.41) is 0. The van der Waals surface area contributed by atoms with E-state index in [0.29, 0.717) is 17.8 Å². The first-order valence-corrected chi connectivity index (χ1v) is 9.52. The van der Waals surface area contributed by atoms with Crippen LogP contribution in [0.2, 0.25) is 0 Å². The van der Waals surface area contributed by atoms with E-state index < -0.39 is 0 Å². The van der Waals surface area contributed by atoms with Crippen molar-refractivity contribution in [3.05, 3.63) is 28.8 Å². The van der Waals surface area contributed by atoms with Gasteiger partial charge in [0.25, 0.3) is 0 Å². The third kappa shape index (κ3) is 4.24. The maximum atomic E-state index is 6.39. The molecular formula is C21H35BO2. The fraction of sp³-hybridized carbons (Fsp3) is 0.714. The number of rotatable bonds is 4. The standard InChI is InChI=1S/C21H35BO2/c1-13(2)17-10-18(14(3)4)20(19(11-17)15(5)6)22-23-16(7)12-21(8,9)24-22/h10-11,13-16H,12H2,1-9H3. The minimum Gasteiger partial charge on any atom is -0.405 e. The van der Waals surface area contributed by atoms with Crippen LogP contribution in [-0.4, -0.2) is 18.8 Å². The molecule has 0 amide bonds. The largest absolute Gasteiger partial charge is 0.495 e. The maximum absolute atomic E-state index is 6.39. The van der Waals surface area contributed by atoms with Crippen LogP contribution >= 0.6 is 0 Å². The zero-order valence-corrected chi connectivity index (χ0v) is 17.1. The van der Waals surface area contributed by atoms with E-state index in [9.17, 15) is 0 Å². The summed E-state index contributed by atoms with van der Waals surface area (Å²) < 4.78 is 12.7. The lowest BCUT2D eigenvalue weighted by Crippen LogP contribution is -2.53. The normalized spacial score (nSPS) is 21.2. The lowest BCUT2D eigenvalue weighted by Gasteiger charge is -2.40. The molecule has 134 valence electrons. The van der Waals surface area contributed by atoms with Crippen molar-refractivity contribution in [2.24, 2.45) is 0 Å². The SMILES string of the molecule is CC1CC(C)(C)OB(c2c(C(C)C)cc(C(C)C)cc2C(C)C)O1. The molecule has 1 heterocycles. The Labute approximate surface area is 149 Å². The van der Waals surface area contributed by atoms with E-state index in [1.165, 1.54) is 22.2 Å². The van der Waals surface area contributed by atoms with Gasteiger partial charge in [0.15, 0.2) is 0 Å². The molecule has 1 saturated heterocycles. The lowest BCUT2D eigenvalue weighted by atomic mass is 9.66. The Balaban J connectivity index is 2.62. The van der Waals surface area contributed by atoms with Crippen molar-refractivity contribution in [3.8, 4) is 0 Å². The molecule has 0 radical (unpaired) electrons. The Morgan fingerprint density at radius 3 is 1.83 bits per heavy atom. The Morgan fingerprint density at radius 1 is 0.958 bits per heavy atom. The molecule has 1 fully saturated rings. The zero-order chi connectivity index (χ0) is 18.2. The smallest absolute Gasteiger partial charge is 0.405 e. The van der Waals surface area contributed by atoms with Gasteiger partial charge >= 0.3 is 7.12 Å². The molecule has 0 spiro atoms. The van der Waals surface area contributed by atoms with Gasteiger partial charge in [0, 0.05) is 6.10 Å². The van der Waals surface area contributed by atoms with Gasteiger partial charge in [-0.25, -0.2) is 0 Å². The zero-order valence-electron chi connectivity index (χ0n) is 17.1. The fourth-order valence-corrected chi connectivity index (χ4v) is 3.73. The van der Waals surface area contributed by atoms with Crippen molar-refractivity contribution in [1.29, 1.82) is 0 Å². The van der Waals surface area contributed by atoms with Gasteiger partial charge in [-0.1, -0.05) is 53.7 Å². The molecule has 2 rings (SSSR count). The third-order valence-corrected chi connectivity index (χ3v) is 4.97. The average Bonchev–Trinajstić information content (AvgIpc) is 2.43. The minimum absolute atomic E-state index is 0.151. The maximum Gasteiger partial charge on any atom is 0.495 e. The first kappa shape index (κ1) is 19.5. The molecule has 1 atom stereocenters. The van der Waals surface area contributed by atoms with Crippen LogP contribution in [0.4, 0.5) is 0 Å². The molecule has 3 heteroatoms. The first-order chi connectivity index (χ1) is 11.0. The van der Waals surface area contributed by atoms with Crippen molar-refractivity contribution < 1.29 is 9.31 Å². The van der Waals surface area contributed by atoms with Gasteiger partial charge in [0.1, 0.15) is 0 Å². The molecule has 1 unspecified atom stereocenters. The number of benzene rings is 1. The van der Waals surface area contributed by atoms with E-state index in [4.69, 9.17) is 9.31 Å². The van der Waals surface area contributed by atoms with Crippen LogP contribution in [0.25, 0.3) is 0 Å². The second-order valence-electron chi connectivity index (χ2n) is 8.94. The van der Waals surface area contributed by atoms with Crippen LogP contribution in [0.3, 0.4) is 0 Å². The predicted octanol–water partition coefficient (Wildman–Crippen LogP) is 5.36. The van der Waals surface area contributed by atoms with Gasteiger partial charge in [-0.2, -0.15) is 0 Å². The molecule has 1 aromatic rings. The quantitative estimate of drug-likeness (QED) is 0.692. The molecule has 0 aliphatic carbocycles. The van der Waals surface area contributed by atoms with Crippen LogP contribution in [0, 0.1) is 0 Å². The monoisotopic (exact) mass is 330 g/mol. The highest BCUT2D eigenvalue weighted by Gasteiger charge is 2.41. The summed E-state index contributed by atoms with van der Waals surface area (Å²) >= 11 is 0. The second kappa shape index (κ2) is 7.21. The Hall–Kier alpha value is -0.795. The molecule has 24 heavy (non-hydrogen) atoms. The summed E-state index contributed by atoms with van der Waals surface area (Å²) in [6, 6.07) is 4.74. The topological polar surface area (TPSA) is 18.5 Å². The second-order valence-corrected chi connectivity index (χ2v) is 8.94. The minimum atomic E-state index is -0.264. The molecule has 0 saturated carbocycles. The molecule has 0 bridgehead atoms. The average molecular weight is 330 g/mol. The van der Waals surface area contributed by atoms with E-state index in [-0.39, 0.29) is 18.8 Å². The van der Waals surface area contributed by atoms with E-state index in [1.54, 1.807) is 0 Å². The summed E-state index contributed by atoms with van der Waals surface area (Å²) in [6.07, 6.45) is 1.14. The Morgan fingerprint density at radius 2 is 1.46 bits per heavy atom. The molecule has 1 aromatic carbocycles. The van der Waals surface area contributed by atoms with Crippen molar-refractivity contribution >= 4 is 12.6 Å². The number of hydrogen-bond donors (Lipinski definition) is 0. The van der Waals surface area contributed by atoms with Crippen molar-refractivity contribution in [3.63, 3.8) is 0 Å². The van der Waals surface area contributed by atoms with Crippen LogP contribution in [-0.2, 0) is 9.31 Å². The van der Waals surface area contributed by atoms with Gasteiger partial charge < -0.3 is 9.31 Å². The summed E-state index contributed by atoms with van der Waals surface area (Å²) in [5.41, 5.74) is 5.28. The molecule has 2 nitrogen and oxygen atoms in total. The highest BCUT2D eigenvalue weighted by molar-refractivity contribution is 6.62. The molecule has 1 aliphatic heterocycles. The molecule has 1 aliphatic rings. The Bertz CT molecular complexity index is 546. The van der Waals surface area contributed by atoms with Gasteiger partial charge in [-0.05, 0) is 67.1 Å². The highest BCUT2D eigenvalue weighted by atomic mass is 16.6. The predicted molar refractivity (Wildman–Crippen MR) is 104 cm³/mol. The van der Waals surface area contributed by atoms with Crippen LogP contribution in [0.1, 0.15) is 103 Å². The van der Waals surface area contributed by atoms with Crippen molar-refractivity contribution in [1.82, 2.24) is 0 Å². The summed E-state index contributed by atoms with van der Waals surface area (Å²) in [5.74, 6) is 1.42.